The summed E-state index contributed by atoms with van der Waals surface area (Å²) in [5, 5.41) is 10.6. The van der Waals surface area contributed by atoms with E-state index in [1.807, 2.05) is 0 Å². The van der Waals surface area contributed by atoms with E-state index in [4.69, 9.17) is 37.0 Å². The smallest absolute Gasteiger partial charge is 0.462 e. The molecule has 540 valence electrons. The number of carbonyl (C=O) groups excluding carboxylic acids is 4. The fraction of sp³-hybridized carbons (Fsp3) is 0.944. The van der Waals surface area contributed by atoms with Crippen LogP contribution in [-0.4, -0.2) is 96.7 Å². The number of unbranched alkanes of at least 4 members (excludes halogenated alkanes) is 41. The number of ether oxygens (including phenoxy) is 4. The molecule has 0 aliphatic heterocycles. The average Bonchev–Trinajstić information content (AvgIpc) is 3.72. The van der Waals surface area contributed by atoms with E-state index in [1.165, 1.54) is 173 Å². The standard InChI is InChI=1S/C72H140O17P2/c1-7-9-11-13-15-16-17-18-19-20-21-22-23-24-25-26-27-28-29-38-44-50-56-71(76)88-68(61-83-70(75)55-49-43-37-32-30-35-40-46-52-64(3)4)63-87-91(80,81)85-59-66(73)58-84-90(78,79)86-62-67(60-82-69(74)54-48-42-34-14-12-10-8-2)89-72(77)57-51-45-39-33-31-36-41-47-53-65(5)6/h64-68,73H,7-63H2,1-6H3,(H,78,79)(H,80,81)/t66-,67+,68+/m0/s1. The second-order valence-electron chi connectivity index (χ2n) is 26.9. The molecule has 0 spiro atoms. The van der Waals surface area contributed by atoms with E-state index < -0.39 is 97.5 Å². The van der Waals surface area contributed by atoms with Crippen LogP contribution in [0.4, 0.5) is 0 Å². The van der Waals surface area contributed by atoms with Crippen LogP contribution < -0.4 is 0 Å². The number of aliphatic hydroxyl groups excluding tert-OH is 1. The summed E-state index contributed by atoms with van der Waals surface area (Å²) in [5.74, 6) is -0.686. The summed E-state index contributed by atoms with van der Waals surface area (Å²) >= 11 is 0. The molecule has 0 bridgehead atoms. The summed E-state index contributed by atoms with van der Waals surface area (Å²) in [7, 11) is -9.90. The van der Waals surface area contributed by atoms with Crippen molar-refractivity contribution in [3.63, 3.8) is 0 Å². The molecule has 91 heavy (non-hydrogen) atoms. The fourth-order valence-electron chi connectivity index (χ4n) is 10.9. The molecule has 3 N–H and O–H groups in total. The van der Waals surface area contributed by atoms with Gasteiger partial charge in [0.15, 0.2) is 12.2 Å². The maximum Gasteiger partial charge on any atom is 0.472 e. The van der Waals surface area contributed by atoms with E-state index in [-0.39, 0.29) is 25.7 Å². The van der Waals surface area contributed by atoms with E-state index in [1.54, 1.807) is 0 Å². The minimum absolute atomic E-state index is 0.104. The number of hydrogen-bond acceptors (Lipinski definition) is 15. The summed E-state index contributed by atoms with van der Waals surface area (Å²) in [6.07, 6.45) is 50.4. The topological polar surface area (TPSA) is 237 Å². The molecule has 19 heteroatoms. The lowest BCUT2D eigenvalue weighted by Crippen LogP contribution is -2.30. The van der Waals surface area contributed by atoms with Crippen molar-refractivity contribution in [2.45, 2.75) is 387 Å². The normalized spacial score (nSPS) is 14.1. The van der Waals surface area contributed by atoms with Crippen molar-refractivity contribution in [2.75, 3.05) is 39.6 Å². The molecule has 0 rings (SSSR count). The minimum atomic E-state index is -4.95. The highest BCUT2D eigenvalue weighted by atomic mass is 31.2. The third kappa shape index (κ3) is 66.5. The van der Waals surface area contributed by atoms with Crippen LogP contribution in [0, 0.1) is 11.8 Å². The van der Waals surface area contributed by atoms with Crippen LogP contribution in [0.2, 0.25) is 0 Å². The highest BCUT2D eigenvalue weighted by Gasteiger charge is 2.30. The molecule has 17 nitrogen and oxygen atoms in total. The number of hydrogen-bond donors (Lipinski definition) is 3. The molecule has 5 atom stereocenters. The molecule has 0 aromatic heterocycles. The molecule has 0 heterocycles. The highest BCUT2D eigenvalue weighted by Crippen LogP contribution is 2.45. The van der Waals surface area contributed by atoms with Crippen molar-refractivity contribution in [3.8, 4) is 0 Å². The second-order valence-corrected chi connectivity index (χ2v) is 29.8. The Bertz CT molecular complexity index is 1770. The van der Waals surface area contributed by atoms with Crippen LogP contribution in [0.1, 0.15) is 369 Å². The zero-order valence-corrected chi connectivity index (χ0v) is 60.9. The number of carbonyl (C=O) groups is 4. The summed E-state index contributed by atoms with van der Waals surface area (Å²) in [5.41, 5.74) is 0. The number of aliphatic hydroxyl groups is 1. The van der Waals surface area contributed by atoms with Gasteiger partial charge in [0.25, 0.3) is 0 Å². The third-order valence-electron chi connectivity index (χ3n) is 16.7. The van der Waals surface area contributed by atoms with Crippen molar-refractivity contribution in [1.82, 2.24) is 0 Å². The van der Waals surface area contributed by atoms with Crippen LogP contribution in [0.3, 0.4) is 0 Å². The maximum atomic E-state index is 13.0. The van der Waals surface area contributed by atoms with Gasteiger partial charge in [-0.2, -0.15) is 0 Å². The fourth-order valence-corrected chi connectivity index (χ4v) is 12.5. The van der Waals surface area contributed by atoms with Gasteiger partial charge in [-0.15, -0.1) is 0 Å². The quantitative estimate of drug-likeness (QED) is 0.0222. The van der Waals surface area contributed by atoms with Gasteiger partial charge in [-0.1, -0.05) is 318 Å². The van der Waals surface area contributed by atoms with Gasteiger partial charge in [-0.25, -0.2) is 9.13 Å². The predicted molar refractivity (Wildman–Crippen MR) is 368 cm³/mol. The Morgan fingerprint density at radius 2 is 0.505 bits per heavy atom. The summed E-state index contributed by atoms with van der Waals surface area (Å²) in [6, 6.07) is 0. The van der Waals surface area contributed by atoms with Crippen molar-refractivity contribution < 1.29 is 80.2 Å². The van der Waals surface area contributed by atoms with E-state index >= 15 is 0 Å². The first-order valence-corrected chi connectivity index (χ1v) is 40.5. The summed E-state index contributed by atoms with van der Waals surface area (Å²) < 4.78 is 68.2. The zero-order valence-electron chi connectivity index (χ0n) is 59.1. The van der Waals surface area contributed by atoms with Crippen LogP contribution in [0.15, 0.2) is 0 Å². The second kappa shape index (κ2) is 64.1. The van der Waals surface area contributed by atoms with E-state index in [2.05, 4.69) is 41.5 Å². The lowest BCUT2D eigenvalue weighted by Gasteiger charge is -2.21. The first-order chi connectivity index (χ1) is 43.9. The SMILES string of the molecule is CCCCCCCCCCCCCCCCCCCCCCCCC(=O)O[C@H](COC(=O)CCCCCCCCCCC(C)C)COP(=O)(O)OC[C@@H](O)COP(=O)(O)OC[C@@H](COC(=O)CCCCCCCCC)OC(=O)CCCCCCCCCCC(C)C. The molecule has 0 fully saturated rings. The van der Waals surface area contributed by atoms with Crippen LogP contribution in [0.5, 0.6) is 0 Å². The average molecular weight is 1340 g/mol. The molecule has 0 aliphatic rings. The summed E-state index contributed by atoms with van der Waals surface area (Å²) in [4.78, 5) is 72.4. The van der Waals surface area contributed by atoms with Gasteiger partial charge in [0.05, 0.1) is 26.4 Å². The largest absolute Gasteiger partial charge is 0.472 e. The molecule has 0 aromatic rings. The Morgan fingerprint density at radius 3 is 0.747 bits per heavy atom. The van der Waals surface area contributed by atoms with Gasteiger partial charge < -0.3 is 33.8 Å². The Kier molecular flexibility index (Phi) is 62.7. The molecular formula is C72H140O17P2. The lowest BCUT2D eigenvalue weighted by atomic mass is 10.0. The van der Waals surface area contributed by atoms with Gasteiger partial charge in [-0.3, -0.25) is 37.3 Å². The number of esters is 4. The number of rotatable bonds is 71. The lowest BCUT2D eigenvalue weighted by molar-refractivity contribution is -0.161. The van der Waals surface area contributed by atoms with Gasteiger partial charge in [0, 0.05) is 25.7 Å². The third-order valence-corrected chi connectivity index (χ3v) is 18.6. The number of phosphoric ester groups is 2. The van der Waals surface area contributed by atoms with Crippen molar-refractivity contribution >= 4 is 39.5 Å². The number of phosphoric acid groups is 2. The Labute approximate surface area is 556 Å². The van der Waals surface area contributed by atoms with Gasteiger partial charge in [0.2, 0.25) is 0 Å². The highest BCUT2D eigenvalue weighted by molar-refractivity contribution is 7.47. The first kappa shape index (κ1) is 89.1. The molecule has 2 unspecified atom stereocenters. The van der Waals surface area contributed by atoms with Gasteiger partial charge >= 0.3 is 39.5 Å². The maximum absolute atomic E-state index is 13.0. The van der Waals surface area contributed by atoms with Crippen molar-refractivity contribution in [1.29, 1.82) is 0 Å². The molecule has 0 saturated heterocycles. The van der Waals surface area contributed by atoms with E-state index in [9.17, 15) is 43.2 Å². The molecule has 0 radical (unpaired) electrons. The molecule has 0 aliphatic carbocycles. The monoisotopic (exact) mass is 1340 g/mol. The first-order valence-electron chi connectivity index (χ1n) is 37.5. The Balaban J connectivity index is 5.11. The van der Waals surface area contributed by atoms with Crippen molar-refractivity contribution in [2.24, 2.45) is 11.8 Å². The zero-order chi connectivity index (χ0) is 67.2. The van der Waals surface area contributed by atoms with Gasteiger partial charge in [-0.05, 0) is 37.5 Å². The minimum Gasteiger partial charge on any atom is -0.462 e. The van der Waals surface area contributed by atoms with E-state index in [0.717, 1.165) is 115 Å². The Morgan fingerprint density at radius 1 is 0.297 bits per heavy atom. The Hall–Kier alpha value is -1.94. The van der Waals surface area contributed by atoms with Crippen LogP contribution in [0.25, 0.3) is 0 Å². The summed E-state index contributed by atoms with van der Waals surface area (Å²) in [6.45, 7) is 9.43. The van der Waals surface area contributed by atoms with Crippen molar-refractivity contribution in [3.05, 3.63) is 0 Å². The van der Waals surface area contributed by atoms with Gasteiger partial charge in [0.1, 0.15) is 19.3 Å². The predicted octanol–water partition coefficient (Wildman–Crippen LogP) is 20.8. The molecule has 0 saturated carbocycles. The molecule has 0 amide bonds. The van der Waals surface area contributed by atoms with Crippen LogP contribution >= 0.6 is 15.6 Å². The van der Waals surface area contributed by atoms with E-state index in [0.29, 0.717) is 25.7 Å². The molecule has 0 aromatic carbocycles. The van der Waals surface area contributed by atoms with Crippen LogP contribution in [-0.2, 0) is 65.4 Å². The molecular weight excluding hydrogens is 1200 g/mol.